The Morgan fingerprint density at radius 2 is 1.84 bits per heavy atom. The minimum atomic E-state index is -0.0904. The van der Waals surface area contributed by atoms with Gasteiger partial charge >= 0.3 is 0 Å². The van der Waals surface area contributed by atoms with E-state index < -0.39 is 0 Å². The van der Waals surface area contributed by atoms with Gasteiger partial charge in [0.15, 0.2) is 0 Å². The first-order chi connectivity index (χ1) is 9.10. The molecule has 2 rings (SSSR count). The van der Waals surface area contributed by atoms with Gasteiger partial charge in [0.25, 0.3) is 0 Å². The fraction of sp³-hybridized carbons (Fsp3) is 0.625. The molecule has 1 aliphatic rings. The minimum absolute atomic E-state index is 0.0904. The van der Waals surface area contributed by atoms with Gasteiger partial charge in [-0.15, -0.1) is 0 Å². The van der Waals surface area contributed by atoms with E-state index in [-0.39, 0.29) is 6.10 Å². The molecule has 3 heteroatoms. The van der Waals surface area contributed by atoms with Crippen LogP contribution in [0.2, 0.25) is 0 Å². The zero-order valence-electron chi connectivity index (χ0n) is 12.3. The molecule has 0 amide bonds. The second-order valence-corrected chi connectivity index (χ2v) is 5.57. The predicted molar refractivity (Wildman–Crippen MR) is 77.9 cm³/mol. The average molecular weight is 263 g/mol. The average Bonchev–Trinajstić information content (AvgIpc) is 2.41. The van der Waals surface area contributed by atoms with Gasteiger partial charge < -0.3 is 14.7 Å². The maximum atomic E-state index is 9.51. The Kier molecular flexibility index (Phi) is 4.83. The molecule has 0 spiro atoms. The van der Waals surface area contributed by atoms with Crippen molar-refractivity contribution in [3.05, 3.63) is 28.8 Å². The Morgan fingerprint density at radius 1 is 1.21 bits per heavy atom. The normalized spacial score (nSPS) is 17.7. The highest BCUT2D eigenvalue weighted by Gasteiger charge is 2.17. The summed E-state index contributed by atoms with van der Waals surface area (Å²) in [6.07, 6.45) is 2.74. The summed E-state index contributed by atoms with van der Waals surface area (Å²) in [6, 6.07) is 4.37. The number of methoxy groups -OCH3 is 1. The van der Waals surface area contributed by atoms with Crippen molar-refractivity contribution in [2.45, 2.75) is 39.2 Å². The second-order valence-electron chi connectivity index (χ2n) is 5.57. The second kappa shape index (κ2) is 6.40. The van der Waals surface area contributed by atoms with Crippen LogP contribution < -0.4 is 4.74 Å². The minimum Gasteiger partial charge on any atom is -0.496 e. The number of aryl methyl sites for hydroxylation is 2. The number of piperidine rings is 1. The molecule has 0 bridgehead atoms. The Morgan fingerprint density at radius 3 is 2.47 bits per heavy atom. The van der Waals surface area contributed by atoms with Gasteiger partial charge in [-0.3, -0.25) is 0 Å². The SMILES string of the molecule is COc1cc(C)c(C)cc1CCN1CCC(O)CC1. The first kappa shape index (κ1) is 14.4. The fourth-order valence-electron chi connectivity index (χ4n) is 2.66. The van der Waals surface area contributed by atoms with Gasteiger partial charge in [-0.1, -0.05) is 6.07 Å². The third-order valence-electron chi connectivity index (χ3n) is 4.15. The van der Waals surface area contributed by atoms with E-state index in [1.165, 1.54) is 16.7 Å². The summed E-state index contributed by atoms with van der Waals surface area (Å²) in [6.45, 7) is 7.33. The monoisotopic (exact) mass is 263 g/mol. The van der Waals surface area contributed by atoms with Crippen molar-refractivity contribution in [3.63, 3.8) is 0 Å². The van der Waals surface area contributed by atoms with Gasteiger partial charge in [-0.2, -0.15) is 0 Å². The molecule has 0 aliphatic carbocycles. The van der Waals surface area contributed by atoms with E-state index in [1.807, 2.05) is 0 Å². The zero-order chi connectivity index (χ0) is 13.8. The summed E-state index contributed by atoms with van der Waals surface area (Å²) in [4.78, 5) is 2.43. The van der Waals surface area contributed by atoms with Crippen LogP contribution in [0.25, 0.3) is 0 Å². The lowest BCUT2D eigenvalue weighted by atomic mass is 10.0. The van der Waals surface area contributed by atoms with Crippen molar-refractivity contribution in [3.8, 4) is 5.75 Å². The molecule has 106 valence electrons. The van der Waals surface area contributed by atoms with Crippen LogP contribution in [-0.2, 0) is 6.42 Å². The van der Waals surface area contributed by atoms with Crippen LogP contribution in [0.4, 0.5) is 0 Å². The molecule has 1 aromatic carbocycles. The molecule has 0 unspecified atom stereocenters. The largest absolute Gasteiger partial charge is 0.496 e. The Bertz CT molecular complexity index is 423. The molecule has 1 fully saturated rings. The summed E-state index contributed by atoms with van der Waals surface area (Å²) in [5, 5.41) is 9.51. The molecule has 19 heavy (non-hydrogen) atoms. The Balaban J connectivity index is 1.97. The van der Waals surface area contributed by atoms with Crippen LogP contribution in [0.3, 0.4) is 0 Å². The summed E-state index contributed by atoms with van der Waals surface area (Å²) >= 11 is 0. The van der Waals surface area contributed by atoms with E-state index in [2.05, 4.69) is 30.9 Å². The number of hydrogen-bond acceptors (Lipinski definition) is 3. The molecule has 1 N–H and O–H groups in total. The van der Waals surface area contributed by atoms with Crippen LogP contribution in [0, 0.1) is 13.8 Å². The van der Waals surface area contributed by atoms with Crippen LogP contribution in [0.5, 0.6) is 5.75 Å². The summed E-state index contributed by atoms with van der Waals surface area (Å²) in [7, 11) is 1.74. The zero-order valence-corrected chi connectivity index (χ0v) is 12.3. The summed E-state index contributed by atoms with van der Waals surface area (Å²) in [5.41, 5.74) is 3.89. The molecule has 0 radical (unpaired) electrons. The maximum Gasteiger partial charge on any atom is 0.122 e. The van der Waals surface area contributed by atoms with E-state index in [1.54, 1.807) is 7.11 Å². The lowest BCUT2D eigenvalue weighted by Crippen LogP contribution is -2.37. The van der Waals surface area contributed by atoms with Crippen LogP contribution in [0.1, 0.15) is 29.5 Å². The smallest absolute Gasteiger partial charge is 0.122 e. The highest BCUT2D eigenvalue weighted by Crippen LogP contribution is 2.24. The van der Waals surface area contributed by atoms with Crippen molar-refractivity contribution in [1.29, 1.82) is 0 Å². The number of ether oxygens (including phenoxy) is 1. The molecule has 0 saturated carbocycles. The number of benzene rings is 1. The molecular weight excluding hydrogens is 238 g/mol. The van der Waals surface area contributed by atoms with Crippen LogP contribution in [-0.4, -0.2) is 42.9 Å². The van der Waals surface area contributed by atoms with Gasteiger partial charge in [0, 0.05) is 19.6 Å². The molecule has 3 nitrogen and oxygen atoms in total. The molecule has 0 atom stereocenters. The lowest BCUT2D eigenvalue weighted by molar-refractivity contribution is 0.0831. The third-order valence-corrected chi connectivity index (χ3v) is 4.15. The molecule has 1 aliphatic heterocycles. The number of aliphatic hydroxyl groups excluding tert-OH is 1. The van der Waals surface area contributed by atoms with Gasteiger partial charge in [0.05, 0.1) is 13.2 Å². The van der Waals surface area contributed by atoms with E-state index in [9.17, 15) is 5.11 Å². The number of aliphatic hydroxyl groups is 1. The fourth-order valence-corrected chi connectivity index (χ4v) is 2.66. The topological polar surface area (TPSA) is 32.7 Å². The van der Waals surface area contributed by atoms with Gasteiger partial charge in [0.2, 0.25) is 0 Å². The van der Waals surface area contributed by atoms with Crippen molar-refractivity contribution in [1.82, 2.24) is 4.90 Å². The maximum absolute atomic E-state index is 9.51. The molecule has 1 saturated heterocycles. The third kappa shape index (κ3) is 3.71. The first-order valence-electron chi connectivity index (χ1n) is 7.14. The molecule has 0 aromatic heterocycles. The molecule has 1 heterocycles. The van der Waals surface area contributed by atoms with Crippen molar-refractivity contribution in [2.75, 3.05) is 26.7 Å². The lowest BCUT2D eigenvalue weighted by Gasteiger charge is -2.29. The standard InChI is InChI=1S/C16H25NO2/c1-12-10-14(16(19-3)11-13(12)2)4-7-17-8-5-15(18)6-9-17/h10-11,15,18H,4-9H2,1-3H3. The van der Waals surface area contributed by atoms with Crippen molar-refractivity contribution in [2.24, 2.45) is 0 Å². The Hall–Kier alpha value is -1.06. The van der Waals surface area contributed by atoms with Crippen LogP contribution >= 0.6 is 0 Å². The highest BCUT2D eigenvalue weighted by atomic mass is 16.5. The quantitative estimate of drug-likeness (QED) is 0.905. The van der Waals surface area contributed by atoms with Gasteiger partial charge in [-0.25, -0.2) is 0 Å². The number of rotatable bonds is 4. The molecular formula is C16H25NO2. The Labute approximate surface area is 116 Å². The summed E-state index contributed by atoms with van der Waals surface area (Å²) < 4.78 is 5.48. The van der Waals surface area contributed by atoms with Crippen molar-refractivity contribution < 1.29 is 9.84 Å². The predicted octanol–water partition coefficient (Wildman–Crippen LogP) is 2.31. The summed E-state index contributed by atoms with van der Waals surface area (Å²) in [5.74, 6) is 1.00. The molecule has 1 aromatic rings. The number of nitrogens with zero attached hydrogens (tertiary/aromatic N) is 1. The van der Waals surface area contributed by atoms with E-state index in [4.69, 9.17) is 4.74 Å². The van der Waals surface area contributed by atoms with Gasteiger partial charge in [0.1, 0.15) is 5.75 Å². The highest BCUT2D eigenvalue weighted by molar-refractivity contribution is 5.41. The van der Waals surface area contributed by atoms with Gasteiger partial charge in [-0.05, 0) is 55.9 Å². The van der Waals surface area contributed by atoms with Crippen molar-refractivity contribution >= 4 is 0 Å². The first-order valence-corrected chi connectivity index (χ1v) is 7.14. The van der Waals surface area contributed by atoms with E-state index in [0.29, 0.717) is 0 Å². The van der Waals surface area contributed by atoms with E-state index >= 15 is 0 Å². The number of likely N-dealkylation sites (tertiary alicyclic amines) is 1. The van der Waals surface area contributed by atoms with Crippen LogP contribution in [0.15, 0.2) is 12.1 Å². The van der Waals surface area contributed by atoms with E-state index in [0.717, 1.165) is 44.6 Å². The number of hydrogen-bond donors (Lipinski definition) is 1.